The summed E-state index contributed by atoms with van der Waals surface area (Å²) in [4.78, 5) is 24.2. The Kier molecular flexibility index (Phi) is 7.57. The van der Waals surface area contributed by atoms with Crippen LogP contribution < -0.4 is 10.6 Å². The van der Waals surface area contributed by atoms with Crippen LogP contribution in [0.15, 0.2) is 33.9 Å². The van der Waals surface area contributed by atoms with Crippen LogP contribution in [0.25, 0.3) is 11.4 Å². The number of carbonyl (C=O) groups is 2. The first-order valence-corrected chi connectivity index (χ1v) is 12.0. The Labute approximate surface area is 189 Å². The summed E-state index contributed by atoms with van der Waals surface area (Å²) in [5.74, 6) is 0.566. The van der Waals surface area contributed by atoms with E-state index in [9.17, 15) is 9.59 Å². The highest BCUT2D eigenvalue weighted by Gasteiger charge is 2.24. The van der Waals surface area contributed by atoms with Gasteiger partial charge in [0.1, 0.15) is 0 Å². The molecule has 1 aromatic carbocycles. The highest BCUT2D eigenvalue weighted by atomic mass is 79.9. The number of halogens is 1. The Hall–Kier alpha value is -1.87. The molecule has 1 aromatic heterocycles. The zero-order chi connectivity index (χ0) is 21.7. The highest BCUT2D eigenvalue weighted by molar-refractivity contribution is 9.10. The van der Waals surface area contributed by atoms with Crippen LogP contribution in [0, 0.1) is 0 Å². The van der Waals surface area contributed by atoms with Gasteiger partial charge in [-0.05, 0) is 45.7 Å². The van der Waals surface area contributed by atoms with E-state index in [1.54, 1.807) is 0 Å². The van der Waals surface area contributed by atoms with Crippen molar-refractivity contribution < 1.29 is 9.59 Å². The van der Waals surface area contributed by atoms with E-state index < -0.39 is 11.6 Å². The molecule has 0 spiro atoms. The number of hydrogen-bond donors (Lipinski definition) is 2. The molecule has 0 radical (unpaired) electrons. The Balaban J connectivity index is 1.75. The van der Waals surface area contributed by atoms with Gasteiger partial charge in [0.25, 0.3) is 0 Å². The molecule has 30 heavy (non-hydrogen) atoms. The predicted octanol–water partition coefficient (Wildman–Crippen LogP) is 4.93. The van der Waals surface area contributed by atoms with Crippen LogP contribution in [0.1, 0.15) is 58.9 Å². The number of aromatic nitrogens is 3. The van der Waals surface area contributed by atoms with Crippen molar-refractivity contribution >= 4 is 39.6 Å². The lowest BCUT2D eigenvalue weighted by atomic mass is 9.95. The van der Waals surface area contributed by atoms with E-state index in [1.807, 2.05) is 45.0 Å². The fourth-order valence-electron chi connectivity index (χ4n) is 3.50. The third-order valence-electron chi connectivity index (χ3n) is 4.78. The molecule has 3 amide bonds. The molecule has 1 aliphatic carbocycles. The third kappa shape index (κ3) is 6.31. The molecule has 0 aliphatic heterocycles. The van der Waals surface area contributed by atoms with Crippen molar-refractivity contribution in [2.45, 2.75) is 69.6 Å². The normalized spacial score (nSPS) is 15.1. The van der Waals surface area contributed by atoms with Crippen molar-refractivity contribution in [1.29, 1.82) is 0 Å². The van der Waals surface area contributed by atoms with Gasteiger partial charge < -0.3 is 5.32 Å². The van der Waals surface area contributed by atoms with Crippen molar-refractivity contribution in [2.24, 2.45) is 0 Å². The zero-order valence-corrected chi connectivity index (χ0v) is 20.0. The van der Waals surface area contributed by atoms with Crippen molar-refractivity contribution in [3.63, 3.8) is 0 Å². The number of thioether (sulfide) groups is 1. The second-order valence-corrected chi connectivity index (χ2v) is 10.4. The van der Waals surface area contributed by atoms with Gasteiger partial charge in [-0.3, -0.25) is 14.7 Å². The summed E-state index contributed by atoms with van der Waals surface area (Å²) in [5.41, 5.74) is 0.593. The molecule has 0 bridgehead atoms. The van der Waals surface area contributed by atoms with Crippen LogP contribution in [0.4, 0.5) is 4.79 Å². The molecular weight excluding hydrogens is 466 g/mol. The first-order valence-electron chi connectivity index (χ1n) is 10.2. The Morgan fingerprint density at radius 2 is 1.80 bits per heavy atom. The lowest BCUT2D eigenvalue weighted by Gasteiger charge is -2.25. The molecule has 162 valence electrons. The molecule has 0 unspecified atom stereocenters. The van der Waals surface area contributed by atoms with Crippen LogP contribution in [0.2, 0.25) is 0 Å². The molecule has 1 aliphatic rings. The van der Waals surface area contributed by atoms with Crippen LogP contribution in [-0.2, 0) is 4.79 Å². The first-order chi connectivity index (χ1) is 14.2. The minimum Gasteiger partial charge on any atom is -0.333 e. The molecule has 1 fully saturated rings. The van der Waals surface area contributed by atoms with E-state index in [0.717, 1.165) is 28.7 Å². The van der Waals surface area contributed by atoms with E-state index in [4.69, 9.17) is 0 Å². The Morgan fingerprint density at radius 3 is 2.43 bits per heavy atom. The number of rotatable bonds is 5. The summed E-state index contributed by atoms with van der Waals surface area (Å²) in [7, 11) is 0. The molecule has 2 aromatic rings. The maximum absolute atomic E-state index is 12.3. The number of nitrogens with zero attached hydrogens (tertiary/aromatic N) is 3. The molecule has 0 saturated heterocycles. The third-order valence-corrected chi connectivity index (χ3v) is 6.25. The topological polar surface area (TPSA) is 88.9 Å². The summed E-state index contributed by atoms with van der Waals surface area (Å²) >= 11 is 4.79. The minimum absolute atomic E-state index is 0.1000. The largest absolute Gasteiger partial charge is 0.333 e. The molecule has 9 heteroatoms. The second kappa shape index (κ2) is 9.96. The maximum Gasteiger partial charge on any atom is 0.321 e. The molecular formula is C21H28BrN5O2S. The van der Waals surface area contributed by atoms with Gasteiger partial charge in [-0.1, -0.05) is 59.1 Å². The van der Waals surface area contributed by atoms with Gasteiger partial charge in [0, 0.05) is 21.6 Å². The highest BCUT2D eigenvalue weighted by Crippen LogP contribution is 2.35. The summed E-state index contributed by atoms with van der Waals surface area (Å²) in [6.07, 6.45) is 5.77. The van der Waals surface area contributed by atoms with E-state index in [-0.39, 0.29) is 11.7 Å². The molecule has 1 heterocycles. The number of imide groups is 1. The van der Waals surface area contributed by atoms with E-state index in [0.29, 0.717) is 11.2 Å². The SMILES string of the molecule is CC(C)(C)NC(=O)NC(=O)CSc1nnc(-c2ccc(Br)cc2)n1C1CCCCC1. The quantitative estimate of drug-likeness (QED) is 0.576. The number of urea groups is 1. The molecule has 3 rings (SSSR count). The molecule has 7 nitrogen and oxygen atoms in total. The number of amides is 3. The standard InChI is InChI=1S/C21H28BrN5O2S/c1-21(2,3)24-19(29)23-17(28)13-30-20-26-25-18(14-9-11-15(22)12-10-14)27(20)16-7-5-4-6-8-16/h9-12,16H,4-8,13H2,1-3H3,(H2,23,24,28,29). The van der Waals surface area contributed by atoms with Gasteiger partial charge >= 0.3 is 6.03 Å². The van der Waals surface area contributed by atoms with Crippen LogP contribution in [0.3, 0.4) is 0 Å². The lowest BCUT2D eigenvalue weighted by Crippen LogP contribution is -2.48. The molecule has 2 N–H and O–H groups in total. The fourth-order valence-corrected chi connectivity index (χ4v) is 4.57. The summed E-state index contributed by atoms with van der Waals surface area (Å²) < 4.78 is 3.19. The average molecular weight is 494 g/mol. The van der Waals surface area contributed by atoms with Gasteiger partial charge in [0.15, 0.2) is 11.0 Å². The van der Waals surface area contributed by atoms with Crippen LogP contribution >= 0.6 is 27.7 Å². The number of hydrogen-bond acceptors (Lipinski definition) is 5. The van der Waals surface area contributed by atoms with Crippen LogP contribution in [-0.4, -0.2) is 38.0 Å². The van der Waals surface area contributed by atoms with Gasteiger partial charge in [0.05, 0.1) is 5.75 Å². The zero-order valence-electron chi connectivity index (χ0n) is 17.6. The van der Waals surface area contributed by atoms with Gasteiger partial charge in [-0.2, -0.15) is 0 Å². The summed E-state index contributed by atoms with van der Waals surface area (Å²) in [6, 6.07) is 7.85. The number of benzene rings is 1. The average Bonchev–Trinajstić information content (AvgIpc) is 3.10. The Bertz CT molecular complexity index is 886. The number of carbonyl (C=O) groups excluding carboxylic acids is 2. The van der Waals surface area contributed by atoms with E-state index >= 15 is 0 Å². The predicted molar refractivity (Wildman–Crippen MR) is 122 cm³/mol. The summed E-state index contributed by atoms with van der Waals surface area (Å²) in [6.45, 7) is 5.59. The lowest BCUT2D eigenvalue weighted by molar-refractivity contribution is -0.117. The maximum atomic E-state index is 12.3. The van der Waals surface area contributed by atoms with Crippen molar-refractivity contribution in [3.8, 4) is 11.4 Å². The Morgan fingerprint density at radius 1 is 1.13 bits per heavy atom. The van der Waals surface area contributed by atoms with Gasteiger partial charge in [0.2, 0.25) is 5.91 Å². The van der Waals surface area contributed by atoms with Gasteiger partial charge in [-0.25, -0.2) is 4.79 Å². The first kappa shape index (κ1) is 22.8. The minimum atomic E-state index is -0.489. The van der Waals surface area contributed by atoms with Crippen molar-refractivity contribution in [2.75, 3.05) is 5.75 Å². The second-order valence-electron chi connectivity index (χ2n) is 8.52. The molecule has 0 atom stereocenters. The van der Waals surface area contributed by atoms with Gasteiger partial charge in [-0.15, -0.1) is 10.2 Å². The fraction of sp³-hybridized carbons (Fsp3) is 0.524. The van der Waals surface area contributed by atoms with Crippen LogP contribution in [0.5, 0.6) is 0 Å². The molecule has 1 saturated carbocycles. The number of nitrogens with one attached hydrogen (secondary N) is 2. The van der Waals surface area contributed by atoms with Crippen molar-refractivity contribution in [1.82, 2.24) is 25.4 Å². The van der Waals surface area contributed by atoms with Crippen molar-refractivity contribution in [3.05, 3.63) is 28.7 Å². The monoisotopic (exact) mass is 493 g/mol. The smallest absolute Gasteiger partial charge is 0.321 e. The van der Waals surface area contributed by atoms with E-state index in [1.165, 1.54) is 31.0 Å². The van der Waals surface area contributed by atoms with E-state index in [2.05, 4.69) is 41.3 Å². The summed E-state index contributed by atoms with van der Waals surface area (Å²) in [5, 5.41) is 14.6.